The maximum Gasteiger partial charge on any atom is 0.184 e. The first kappa shape index (κ1) is 15.1. The monoisotopic (exact) mass is 317 g/mol. The topological polar surface area (TPSA) is 37.0 Å². The summed E-state index contributed by atoms with van der Waals surface area (Å²) >= 11 is 0. The van der Waals surface area contributed by atoms with E-state index in [0.29, 0.717) is 13.2 Å². The third kappa shape index (κ3) is 3.40. The van der Waals surface area contributed by atoms with Crippen molar-refractivity contribution in [3.05, 3.63) is 18.2 Å². The van der Waals surface area contributed by atoms with Crippen LogP contribution < -0.4 is 19.7 Å². The van der Waals surface area contributed by atoms with Crippen molar-refractivity contribution >= 4 is 5.69 Å². The van der Waals surface area contributed by atoms with E-state index in [1.165, 1.54) is 38.0 Å². The van der Waals surface area contributed by atoms with Crippen LogP contribution in [0.5, 0.6) is 11.5 Å². The van der Waals surface area contributed by atoms with Crippen LogP contribution in [0, 0.1) is 0 Å². The summed E-state index contributed by atoms with van der Waals surface area (Å²) in [5.74, 6) is 1.82. The number of rotatable bonds is 4. The highest BCUT2D eigenvalue weighted by atomic mass is 16.6. The van der Waals surface area contributed by atoms with E-state index in [9.17, 15) is 0 Å². The predicted molar refractivity (Wildman–Crippen MR) is 91.7 cm³/mol. The van der Waals surface area contributed by atoms with Crippen LogP contribution in [0.3, 0.4) is 0 Å². The van der Waals surface area contributed by atoms with Crippen molar-refractivity contribution in [3.63, 3.8) is 0 Å². The average Bonchev–Trinajstić information content (AvgIpc) is 3.14. The van der Waals surface area contributed by atoms with Crippen molar-refractivity contribution in [1.29, 1.82) is 0 Å². The quantitative estimate of drug-likeness (QED) is 0.915. The molecule has 5 heteroatoms. The Balaban J connectivity index is 1.32. The summed E-state index contributed by atoms with van der Waals surface area (Å²) in [7, 11) is 0. The third-order valence-corrected chi connectivity index (χ3v) is 5.21. The Morgan fingerprint density at radius 1 is 1.09 bits per heavy atom. The molecule has 0 aromatic heterocycles. The van der Waals surface area contributed by atoms with E-state index in [4.69, 9.17) is 9.47 Å². The van der Waals surface area contributed by atoms with Gasteiger partial charge in [0.2, 0.25) is 0 Å². The Bertz CT molecular complexity index is 523. The second kappa shape index (κ2) is 6.97. The molecule has 0 saturated carbocycles. The second-order valence-corrected chi connectivity index (χ2v) is 6.71. The Hall–Kier alpha value is -1.46. The third-order valence-electron chi connectivity index (χ3n) is 5.21. The molecule has 1 aromatic rings. The molecule has 0 radical (unpaired) electrons. The summed E-state index contributed by atoms with van der Waals surface area (Å²) < 4.78 is 11.6. The summed E-state index contributed by atoms with van der Waals surface area (Å²) in [6.07, 6.45) is 3.99. The summed E-state index contributed by atoms with van der Waals surface area (Å²) in [6.45, 7) is 8.14. The molecule has 3 heterocycles. The molecule has 0 spiro atoms. The van der Waals surface area contributed by atoms with Gasteiger partial charge >= 0.3 is 0 Å². The van der Waals surface area contributed by atoms with Crippen molar-refractivity contribution in [2.45, 2.75) is 25.3 Å². The first-order chi connectivity index (χ1) is 11.4. The van der Waals surface area contributed by atoms with Crippen LogP contribution >= 0.6 is 0 Å². The van der Waals surface area contributed by atoms with Crippen LogP contribution in [0.1, 0.15) is 19.3 Å². The Morgan fingerprint density at radius 2 is 1.96 bits per heavy atom. The van der Waals surface area contributed by atoms with Gasteiger partial charge in [-0.15, -0.1) is 0 Å². The lowest BCUT2D eigenvalue weighted by Gasteiger charge is -2.37. The Kier molecular flexibility index (Phi) is 4.57. The minimum atomic E-state index is 0.651. The molecular weight excluding hydrogens is 290 g/mol. The van der Waals surface area contributed by atoms with Gasteiger partial charge in [-0.3, -0.25) is 4.90 Å². The summed E-state index contributed by atoms with van der Waals surface area (Å²) in [6, 6.07) is 6.98. The van der Waals surface area contributed by atoms with Gasteiger partial charge < -0.3 is 19.7 Å². The highest BCUT2D eigenvalue weighted by Crippen LogP contribution is 2.39. The average molecular weight is 317 g/mol. The predicted octanol–water partition coefficient (Wildman–Crippen LogP) is 1.72. The maximum absolute atomic E-state index is 5.86. The highest BCUT2D eigenvalue weighted by Gasteiger charge is 2.24. The fourth-order valence-electron chi connectivity index (χ4n) is 3.86. The van der Waals surface area contributed by atoms with Gasteiger partial charge in [-0.05, 0) is 44.5 Å². The lowest BCUT2D eigenvalue weighted by Crippen LogP contribution is -2.47. The normalized spacial score (nSPS) is 24.9. The van der Waals surface area contributed by atoms with Gasteiger partial charge in [-0.2, -0.15) is 0 Å². The zero-order valence-corrected chi connectivity index (χ0v) is 13.8. The van der Waals surface area contributed by atoms with Gasteiger partial charge in [0.15, 0.2) is 11.5 Å². The number of piperazine rings is 1. The number of hydrogen-bond donors (Lipinski definition) is 1. The molecule has 2 saturated heterocycles. The number of anilines is 1. The van der Waals surface area contributed by atoms with Crippen LogP contribution in [-0.4, -0.2) is 63.4 Å². The largest absolute Gasteiger partial charge is 0.486 e. The molecule has 1 N–H and O–H groups in total. The smallest absolute Gasteiger partial charge is 0.184 e. The van der Waals surface area contributed by atoms with Gasteiger partial charge in [0.05, 0.1) is 5.69 Å². The molecule has 126 valence electrons. The first-order valence-electron chi connectivity index (χ1n) is 8.99. The fourth-order valence-corrected chi connectivity index (χ4v) is 3.86. The standard InChI is InChI=1S/C18H27N3O2/c1-4-16(18-17(5-1)22-13-14-23-18)21-11-9-20(10-12-21)8-6-15-3-2-7-19-15/h1,4-5,15,19H,2-3,6-14H2. The first-order valence-corrected chi connectivity index (χ1v) is 8.99. The summed E-state index contributed by atoms with van der Waals surface area (Å²) in [5.41, 5.74) is 1.19. The number of nitrogens with zero attached hydrogens (tertiary/aromatic N) is 2. The number of nitrogens with one attached hydrogen (secondary N) is 1. The molecule has 1 unspecified atom stereocenters. The lowest BCUT2D eigenvalue weighted by atomic mass is 10.1. The maximum atomic E-state index is 5.86. The molecule has 23 heavy (non-hydrogen) atoms. The van der Waals surface area contributed by atoms with E-state index in [0.717, 1.165) is 43.7 Å². The van der Waals surface area contributed by atoms with Crippen molar-refractivity contribution in [1.82, 2.24) is 10.2 Å². The van der Waals surface area contributed by atoms with Gasteiger partial charge in [0.1, 0.15) is 13.2 Å². The zero-order valence-electron chi connectivity index (χ0n) is 13.8. The van der Waals surface area contributed by atoms with Crippen molar-refractivity contribution in [3.8, 4) is 11.5 Å². The van der Waals surface area contributed by atoms with Gasteiger partial charge in [-0.25, -0.2) is 0 Å². The van der Waals surface area contributed by atoms with Crippen LogP contribution in [0.2, 0.25) is 0 Å². The van der Waals surface area contributed by atoms with Gasteiger partial charge in [0, 0.05) is 32.2 Å². The van der Waals surface area contributed by atoms with Crippen molar-refractivity contribution in [2.24, 2.45) is 0 Å². The van der Waals surface area contributed by atoms with E-state index < -0.39 is 0 Å². The molecule has 3 aliphatic rings. The van der Waals surface area contributed by atoms with E-state index in [2.05, 4.69) is 27.2 Å². The van der Waals surface area contributed by atoms with E-state index in [1.54, 1.807) is 0 Å². The summed E-state index contributed by atoms with van der Waals surface area (Å²) in [5, 5.41) is 3.60. The zero-order chi connectivity index (χ0) is 15.5. The van der Waals surface area contributed by atoms with E-state index in [1.807, 2.05) is 6.07 Å². The minimum absolute atomic E-state index is 0.651. The molecule has 1 atom stereocenters. The number of ether oxygens (including phenoxy) is 2. The molecule has 4 rings (SSSR count). The number of para-hydroxylation sites is 1. The molecule has 3 aliphatic heterocycles. The Labute approximate surface area is 138 Å². The minimum Gasteiger partial charge on any atom is -0.486 e. The van der Waals surface area contributed by atoms with E-state index >= 15 is 0 Å². The van der Waals surface area contributed by atoms with Crippen LogP contribution in [0.15, 0.2) is 18.2 Å². The highest BCUT2D eigenvalue weighted by molar-refractivity contribution is 5.65. The molecule has 2 fully saturated rings. The molecule has 0 aliphatic carbocycles. The fraction of sp³-hybridized carbons (Fsp3) is 0.667. The molecule has 1 aromatic carbocycles. The van der Waals surface area contributed by atoms with Crippen molar-refractivity contribution < 1.29 is 9.47 Å². The van der Waals surface area contributed by atoms with Gasteiger partial charge in [-0.1, -0.05) is 6.07 Å². The SMILES string of the molecule is c1cc2c(c(N3CCN(CCC4CCCN4)CC3)c1)OCCO2. The second-order valence-electron chi connectivity index (χ2n) is 6.71. The molecule has 5 nitrogen and oxygen atoms in total. The van der Waals surface area contributed by atoms with E-state index in [-0.39, 0.29) is 0 Å². The molecule has 0 bridgehead atoms. The lowest BCUT2D eigenvalue weighted by molar-refractivity contribution is 0.171. The summed E-state index contributed by atoms with van der Waals surface area (Å²) in [4.78, 5) is 5.04. The van der Waals surface area contributed by atoms with Crippen molar-refractivity contribution in [2.75, 3.05) is 57.4 Å². The van der Waals surface area contributed by atoms with Crippen LogP contribution in [0.25, 0.3) is 0 Å². The molecular formula is C18H27N3O2. The number of hydrogen-bond acceptors (Lipinski definition) is 5. The van der Waals surface area contributed by atoms with Crippen LogP contribution in [-0.2, 0) is 0 Å². The van der Waals surface area contributed by atoms with Crippen LogP contribution in [0.4, 0.5) is 5.69 Å². The number of fused-ring (bicyclic) bond motifs is 1. The number of benzene rings is 1. The Morgan fingerprint density at radius 3 is 2.78 bits per heavy atom. The van der Waals surface area contributed by atoms with Gasteiger partial charge in [0.25, 0.3) is 0 Å². The molecule has 0 amide bonds.